The number of esters is 2. The van der Waals surface area contributed by atoms with Crippen LogP contribution < -0.4 is 5.32 Å². The Morgan fingerprint density at radius 3 is 2.54 bits per heavy atom. The van der Waals surface area contributed by atoms with Crippen LogP contribution in [0, 0.1) is 13.8 Å². The Bertz CT molecular complexity index is 1070. The van der Waals surface area contributed by atoms with Gasteiger partial charge < -0.3 is 14.8 Å². The summed E-state index contributed by atoms with van der Waals surface area (Å²) in [5.41, 5.74) is 2.36. The predicted molar refractivity (Wildman–Crippen MR) is 99.2 cm³/mol. The van der Waals surface area contributed by atoms with Gasteiger partial charge in [0.05, 0.1) is 18.2 Å². The molecule has 1 N–H and O–H groups in total. The summed E-state index contributed by atoms with van der Waals surface area (Å²) in [6.07, 6.45) is 1.55. The molecule has 0 saturated carbocycles. The fourth-order valence-corrected chi connectivity index (χ4v) is 2.53. The van der Waals surface area contributed by atoms with Crippen LogP contribution in [0.25, 0.3) is 5.65 Å². The maximum absolute atomic E-state index is 12.2. The van der Waals surface area contributed by atoms with Crippen LogP contribution in [0.2, 0.25) is 0 Å². The number of carbonyl (C=O) groups is 3. The second-order valence-corrected chi connectivity index (χ2v) is 6.04. The van der Waals surface area contributed by atoms with Crippen LogP contribution in [0.15, 0.2) is 36.5 Å². The fourth-order valence-electron chi connectivity index (χ4n) is 2.53. The van der Waals surface area contributed by atoms with Crippen molar-refractivity contribution in [1.29, 1.82) is 0 Å². The molecular formula is C19H18N4O5. The Balaban J connectivity index is 1.64. The highest BCUT2D eigenvalue weighted by molar-refractivity contribution is 5.97. The molecule has 2 heterocycles. The van der Waals surface area contributed by atoms with Gasteiger partial charge in [-0.3, -0.25) is 9.20 Å². The first kappa shape index (κ1) is 19.0. The molecule has 0 radical (unpaired) electrons. The van der Waals surface area contributed by atoms with Crippen molar-refractivity contribution in [2.75, 3.05) is 19.0 Å². The number of ether oxygens (including phenoxy) is 2. The molecule has 144 valence electrons. The molecule has 3 aromatic rings. The Kier molecular flexibility index (Phi) is 5.35. The van der Waals surface area contributed by atoms with Gasteiger partial charge in [0.1, 0.15) is 5.82 Å². The second kappa shape index (κ2) is 7.87. The molecule has 0 bridgehead atoms. The molecule has 0 aliphatic carbocycles. The summed E-state index contributed by atoms with van der Waals surface area (Å²) in [6.45, 7) is 3.06. The van der Waals surface area contributed by atoms with Gasteiger partial charge in [-0.1, -0.05) is 6.07 Å². The Labute approximate surface area is 160 Å². The van der Waals surface area contributed by atoms with Gasteiger partial charge in [-0.15, -0.1) is 10.2 Å². The minimum atomic E-state index is -0.648. The van der Waals surface area contributed by atoms with E-state index < -0.39 is 24.5 Å². The molecule has 0 aliphatic heterocycles. The number of fused-ring (bicyclic) bond motifs is 1. The SMILES string of the molecule is COC(=O)c1ccc(C)c(NC(=O)COC(=O)c2ccc3nnc(C)n3c2)c1. The summed E-state index contributed by atoms with van der Waals surface area (Å²) in [5, 5.41) is 10.5. The minimum Gasteiger partial charge on any atom is -0.465 e. The van der Waals surface area contributed by atoms with Gasteiger partial charge in [-0.05, 0) is 43.7 Å². The highest BCUT2D eigenvalue weighted by atomic mass is 16.5. The number of benzene rings is 1. The standard InChI is InChI=1S/C19H18N4O5/c1-11-4-5-13(18(25)27-3)8-15(11)20-17(24)10-28-19(26)14-6-7-16-22-21-12(2)23(16)9-14/h4-9H,10H2,1-3H3,(H,20,24). The van der Waals surface area contributed by atoms with Crippen LogP contribution in [0.5, 0.6) is 0 Å². The topological polar surface area (TPSA) is 112 Å². The van der Waals surface area contributed by atoms with Crippen molar-refractivity contribution in [3.63, 3.8) is 0 Å². The van der Waals surface area contributed by atoms with E-state index in [0.717, 1.165) is 5.56 Å². The maximum Gasteiger partial charge on any atom is 0.340 e. The van der Waals surface area contributed by atoms with Crippen LogP contribution in [0.1, 0.15) is 32.1 Å². The molecule has 9 heteroatoms. The second-order valence-electron chi connectivity index (χ2n) is 6.04. The van der Waals surface area contributed by atoms with Crippen LogP contribution in [0.4, 0.5) is 5.69 Å². The number of aromatic nitrogens is 3. The quantitative estimate of drug-likeness (QED) is 0.671. The number of nitrogens with one attached hydrogen (secondary N) is 1. The van der Waals surface area contributed by atoms with E-state index in [1.165, 1.54) is 13.2 Å². The number of methoxy groups -OCH3 is 1. The van der Waals surface area contributed by atoms with Crippen molar-refractivity contribution >= 4 is 29.2 Å². The van der Waals surface area contributed by atoms with Crippen molar-refractivity contribution in [3.8, 4) is 0 Å². The van der Waals surface area contributed by atoms with Gasteiger partial charge in [-0.25, -0.2) is 9.59 Å². The number of aryl methyl sites for hydroxylation is 2. The summed E-state index contributed by atoms with van der Waals surface area (Å²) in [5.74, 6) is -1.06. The average Bonchev–Trinajstić information content (AvgIpc) is 3.07. The van der Waals surface area contributed by atoms with E-state index >= 15 is 0 Å². The Morgan fingerprint density at radius 1 is 1.04 bits per heavy atom. The fraction of sp³-hybridized carbons (Fsp3) is 0.211. The normalized spacial score (nSPS) is 10.5. The third kappa shape index (κ3) is 3.98. The number of rotatable bonds is 5. The highest BCUT2D eigenvalue weighted by Gasteiger charge is 2.14. The first-order chi connectivity index (χ1) is 13.4. The molecule has 0 unspecified atom stereocenters. The van der Waals surface area contributed by atoms with Crippen molar-refractivity contribution in [3.05, 3.63) is 59.0 Å². The summed E-state index contributed by atoms with van der Waals surface area (Å²) >= 11 is 0. The van der Waals surface area contributed by atoms with Gasteiger partial charge in [0.2, 0.25) is 0 Å². The zero-order chi connectivity index (χ0) is 20.3. The number of amides is 1. The molecule has 0 spiro atoms. The van der Waals surface area contributed by atoms with Crippen molar-refractivity contribution in [2.24, 2.45) is 0 Å². The van der Waals surface area contributed by atoms with Gasteiger partial charge in [0, 0.05) is 11.9 Å². The molecule has 0 saturated heterocycles. The molecular weight excluding hydrogens is 364 g/mol. The highest BCUT2D eigenvalue weighted by Crippen LogP contribution is 2.17. The molecule has 1 amide bonds. The molecule has 3 rings (SSSR count). The number of pyridine rings is 1. The van der Waals surface area contributed by atoms with Crippen molar-refractivity contribution in [1.82, 2.24) is 14.6 Å². The van der Waals surface area contributed by atoms with E-state index in [-0.39, 0.29) is 5.56 Å². The van der Waals surface area contributed by atoms with Gasteiger partial charge in [0.25, 0.3) is 5.91 Å². The molecule has 9 nitrogen and oxygen atoms in total. The molecule has 28 heavy (non-hydrogen) atoms. The Morgan fingerprint density at radius 2 is 1.79 bits per heavy atom. The summed E-state index contributed by atoms with van der Waals surface area (Å²) in [7, 11) is 1.28. The van der Waals surface area contributed by atoms with E-state index in [2.05, 4.69) is 20.3 Å². The molecule has 2 aromatic heterocycles. The monoisotopic (exact) mass is 382 g/mol. The molecule has 0 fully saturated rings. The Hall–Kier alpha value is -3.75. The number of hydrogen-bond acceptors (Lipinski definition) is 7. The summed E-state index contributed by atoms with van der Waals surface area (Å²) < 4.78 is 11.4. The lowest BCUT2D eigenvalue weighted by molar-refractivity contribution is -0.119. The number of nitrogens with zero attached hydrogens (tertiary/aromatic N) is 3. The van der Waals surface area contributed by atoms with E-state index in [1.54, 1.807) is 48.7 Å². The number of carbonyl (C=O) groups excluding carboxylic acids is 3. The van der Waals surface area contributed by atoms with Crippen LogP contribution in [0.3, 0.4) is 0 Å². The van der Waals surface area contributed by atoms with Gasteiger partial charge in [0.15, 0.2) is 12.3 Å². The zero-order valence-corrected chi connectivity index (χ0v) is 15.6. The summed E-state index contributed by atoms with van der Waals surface area (Å²) in [6, 6.07) is 7.97. The summed E-state index contributed by atoms with van der Waals surface area (Å²) in [4.78, 5) is 36.0. The van der Waals surface area contributed by atoms with Crippen LogP contribution in [-0.4, -0.2) is 46.2 Å². The third-order valence-electron chi connectivity index (χ3n) is 4.08. The predicted octanol–water partition coefficient (Wildman–Crippen LogP) is 1.93. The van der Waals surface area contributed by atoms with E-state index in [1.807, 2.05) is 0 Å². The molecule has 0 atom stereocenters. The lowest BCUT2D eigenvalue weighted by atomic mass is 10.1. The van der Waals surface area contributed by atoms with E-state index in [0.29, 0.717) is 22.7 Å². The number of hydrogen-bond donors (Lipinski definition) is 1. The first-order valence-electron chi connectivity index (χ1n) is 8.36. The van der Waals surface area contributed by atoms with E-state index in [4.69, 9.17) is 4.74 Å². The first-order valence-corrected chi connectivity index (χ1v) is 8.36. The zero-order valence-electron chi connectivity index (χ0n) is 15.6. The van der Waals surface area contributed by atoms with Crippen molar-refractivity contribution in [2.45, 2.75) is 13.8 Å². The van der Waals surface area contributed by atoms with Crippen LogP contribution >= 0.6 is 0 Å². The van der Waals surface area contributed by atoms with Gasteiger partial charge in [-0.2, -0.15) is 0 Å². The minimum absolute atomic E-state index is 0.270. The largest absolute Gasteiger partial charge is 0.465 e. The lowest BCUT2D eigenvalue weighted by Crippen LogP contribution is -2.21. The molecule has 1 aromatic carbocycles. The van der Waals surface area contributed by atoms with E-state index in [9.17, 15) is 14.4 Å². The lowest BCUT2D eigenvalue weighted by Gasteiger charge is -2.10. The van der Waals surface area contributed by atoms with Crippen LogP contribution in [-0.2, 0) is 14.3 Å². The number of anilines is 1. The maximum atomic E-state index is 12.2. The smallest absolute Gasteiger partial charge is 0.340 e. The van der Waals surface area contributed by atoms with Crippen molar-refractivity contribution < 1.29 is 23.9 Å². The molecule has 0 aliphatic rings. The average molecular weight is 382 g/mol. The van der Waals surface area contributed by atoms with Gasteiger partial charge >= 0.3 is 11.9 Å². The third-order valence-corrected chi connectivity index (χ3v) is 4.08.